The largest absolute Gasteiger partial charge is 3.00 e. The zero-order valence-corrected chi connectivity index (χ0v) is 57.4. The Bertz CT molecular complexity index is 3600. The van der Waals surface area contributed by atoms with Crippen LogP contribution in [0.1, 0.15) is 155 Å². The Hall–Kier alpha value is -7.36. The molecule has 0 saturated heterocycles. The molecule has 3 aromatic heterocycles. The van der Waals surface area contributed by atoms with Crippen LogP contribution < -0.4 is 0 Å². The van der Waals surface area contributed by atoms with Crippen molar-refractivity contribution in [2.24, 2.45) is 53.3 Å². The Morgan fingerprint density at radius 2 is 0.582 bits per heavy atom. The fourth-order valence-electron chi connectivity index (χ4n) is 16.4. The van der Waals surface area contributed by atoms with E-state index in [2.05, 4.69) is 281 Å². The number of nitrogens with zero attached hydrogens (tertiary/aromatic N) is 3. The van der Waals surface area contributed by atoms with E-state index in [0.29, 0.717) is 53.3 Å². The molecular formula is C87H90IrN3. The minimum absolute atomic E-state index is 0. The second-order valence-corrected chi connectivity index (χ2v) is 28.6. The Morgan fingerprint density at radius 3 is 0.802 bits per heavy atom. The molecule has 3 aliphatic rings. The monoisotopic (exact) mass is 1370 g/mol. The predicted molar refractivity (Wildman–Crippen MR) is 378 cm³/mol. The standard InChI is InChI=1S/C87H90N3.Ir/c1-55(2)73-40-22-58(7)46-82(73)67-37-43-85(88-52-67)64-31-25-61(26-32-64)76-16-10-13-19-79(76)70-49-71(80-20-14-11-17-77(80)62-27-33-65(34-28-62)86-44-38-68(53-89-86)83-47-59(8)23-41-74(83)56(3)4)51-72(50-70)81-21-15-12-18-78(81)63-29-35-66(36-30-63)87-45-39-69(54-90-87)84-48-60(9)24-42-75(84)57(5)6;/h10-21,25-31,33,35,37-39,43-45,49-60,73-75,82-84H,22-24,40-42,46-48H2,1-9H3;/q-3;+3/t58-,59-,60-,73+,74+,75+,82?,83?,84?;/m1./s1. The van der Waals surface area contributed by atoms with Crippen molar-refractivity contribution < 1.29 is 20.1 Å². The average Bonchev–Trinajstić information content (AvgIpc) is 0.897. The van der Waals surface area contributed by atoms with Crippen molar-refractivity contribution >= 4 is 0 Å². The van der Waals surface area contributed by atoms with Gasteiger partial charge < -0.3 is 15.0 Å². The molecule has 3 aliphatic carbocycles. The minimum Gasteiger partial charge on any atom is -0.304 e. The van der Waals surface area contributed by atoms with Crippen molar-refractivity contribution in [3.63, 3.8) is 0 Å². The molecule has 462 valence electrons. The molecule has 4 heteroatoms. The molecule has 3 heterocycles. The van der Waals surface area contributed by atoms with Crippen LogP contribution in [0.2, 0.25) is 0 Å². The van der Waals surface area contributed by atoms with Gasteiger partial charge in [0.1, 0.15) is 0 Å². The van der Waals surface area contributed by atoms with Crippen molar-refractivity contribution in [1.82, 2.24) is 15.0 Å². The number of pyridine rings is 3. The summed E-state index contributed by atoms with van der Waals surface area (Å²) < 4.78 is 0. The van der Waals surface area contributed by atoms with Gasteiger partial charge in [0.05, 0.1) is 0 Å². The fraction of sp³-hybridized carbons (Fsp3) is 0.345. The van der Waals surface area contributed by atoms with Gasteiger partial charge in [0.25, 0.3) is 0 Å². The Morgan fingerprint density at radius 1 is 0.319 bits per heavy atom. The topological polar surface area (TPSA) is 38.7 Å². The maximum absolute atomic E-state index is 5.09. The zero-order chi connectivity index (χ0) is 62.0. The van der Waals surface area contributed by atoms with Crippen LogP contribution in [0.15, 0.2) is 201 Å². The van der Waals surface area contributed by atoms with E-state index in [-0.39, 0.29) is 20.1 Å². The molecule has 0 aliphatic heterocycles. The van der Waals surface area contributed by atoms with Gasteiger partial charge in [-0.15, -0.1) is 89.5 Å². The Balaban J connectivity index is 0.00000800. The molecule has 10 aromatic rings. The molecular weight excluding hydrogens is 1280 g/mol. The molecule has 91 heavy (non-hydrogen) atoms. The maximum Gasteiger partial charge on any atom is 3.00 e. The molecule has 9 atom stereocenters. The van der Waals surface area contributed by atoms with Crippen molar-refractivity contribution in [3.8, 4) is 101 Å². The smallest absolute Gasteiger partial charge is 0.304 e. The molecule has 7 aromatic carbocycles. The summed E-state index contributed by atoms with van der Waals surface area (Å²) in [5.74, 6) is 8.04. The first-order valence-corrected chi connectivity index (χ1v) is 34.2. The molecule has 13 rings (SSSR count). The number of aromatic nitrogens is 3. The molecule has 0 bridgehead atoms. The predicted octanol–water partition coefficient (Wildman–Crippen LogP) is 23.8. The van der Waals surface area contributed by atoms with Gasteiger partial charge in [-0.05, 0) is 195 Å². The number of benzene rings is 7. The summed E-state index contributed by atoms with van der Waals surface area (Å²) in [6.45, 7) is 21.6. The molecule has 0 spiro atoms. The van der Waals surface area contributed by atoms with E-state index in [4.69, 9.17) is 15.0 Å². The van der Waals surface area contributed by atoms with E-state index in [1.54, 1.807) is 0 Å². The third kappa shape index (κ3) is 13.9. The van der Waals surface area contributed by atoms with E-state index >= 15 is 0 Å². The molecule has 0 N–H and O–H groups in total. The number of hydrogen-bond donors (Lipinski definition) is 0. The van der Waals surface area contributed by atoms with Crippen LogP contribution in [0.25, 0.3) is 101 Å². The molecule has 3 nitrogen and oxygen atoms in total. The summed E-state index contributed by atoms with van der Waals surface area (Å²) in [6, 6.07) is 78.3. The Kier molecular flexibility index (Phi) is 19.8. The van der Waals surface area contributed by atoms with Crippen LogP contribution in [-0.4, -0.2) is 15.0 Å². The normalized spacial score (nSPS) is 21.8. The van der Waals surface area contributed by atoms with Gasteiger partial charge in [0.15, 0.2) is 0 Å². The van der Waals surface area contributed by atoms with E-state index in [1.165, 1.54) is 74.5 Å². The van der Waals surface area contributed by atoms with Gasteiger partial charge >= 0.3 is 20.1 Å². The summed E-state index contributed by atoms with van der Waals surface area (Å²) in [7, 11) is 0. The van der Waals surface area contributed by atoms with Gasteiger partial charge in [0, 0.05) is 18.6 Å². The average molecular weight is 1370 g/mol. The van der Waals surface area contributed by atoms with Crippen molar-refractivity contribution in [1.29, 1.82) is 0 Å². The van der Waals surface area contributed by atoms with Gasteiger partial charge in [-0.3, -0.25) is 0 Å². The van der Waals surface area contributed by atoms with E-state index in [1.807, 2.05) is 0 Å². The van der Waals surface area contributed by atoms with Gasteiger partial charge in [-0.2, -0.15) is 0 Å². The van der Waals surface area contributed by atoms with Crippen LogP contribution in [0, 0.1) is 71.5 Å². The summed E-state index contributed by atoms with van der Waals surface area (Å²) in [5.41, 5.74) is 23.7. The minimum atomic E-state index is 0. The molecule has 3 unspecified atom stereocenters. The van der Waals surface area contributed by atoms with Gasteiger partial charge in [-0.25, -0.2) is 0 Å². The summed E-state index contributed by atoms with van der Waals surface area (Å²) in [5, 5.41) is 0. The van der Waals surface area contributed by atoms with Gasteiger partial charge in [-0.1, -0.05) is 224 Å². The van der Waals surface area contributed by atoms with E-state index in [0.717, 1.165) is 118 Å². The maximum atomic E-state index is 5.09. The summed E-state index contributed by atoms with van der Waals surface area (Å²) in [6.07, 6.45) is 18.1. The van der Waals surface area contributed by atoms with E-state index < -0.39 is 0 Å². The van der Waals surface area contributed by atoms with E-state index in [9.17, 15) is 0 Å². The quantitative estimate of drug-likeness (QED) is 0.0960. The number of hydrogen-bond acceptors (Lipinski definition) is 3. The van der Waals surface area contributed by atoms with Crippen molar-refractivity contribution in [3.05, 3.63) is 235 Å². The second-order valence-electron chi connectivity index (χ2n) is 28.6. The first-order valence-electron chi connectivity index (χ1n) is 34.2. The summed E-state index contributed by atoms with van der Waals surface area (Å²) >= 11 is 0. The van der Waals surface area contributed by atoms with Crippen LogP contribution in [0.5, 0.6) is 0 Å². The third-order valence-corrected chi connectivity index (χ3v) is 21.6. The summed E-state index contributed by atoms with van der Waals surface area (Å²) in [4.78, 5) is 15.3. The van der Waals surface area contributed by atoms with Crippen LogP contribution >= 0.6 is 0 Å². The van der Waals surface area contributed by atoms with Crippen LogP contribution in [0.4, 0.5) is 0 Å². The molecule has 3 saturated carbocycles. The first kappa shape index (κ1) is 63.8. The Labute approximate surface area is 558 Å². The number of rotatable bonds is 15. The molecule has 0 amide bonds. The molecule has 0 radical (unpaired) electrons. The van der Waals surface area contributed by atoms with Crippen molar-refractivity contribution in [2.45, 2.75) is 138 Å². The molecule has 3 fully saturated rings. The van der Waals surface area contributed by atoms with Crippen LogP contribution in [0.3, 0.4) is 0 Å². The van der Waals surface area contributed by atoms with Gasteiger partial charge in [0.2, 0.25) is 0 Å². The second kappa shape index (κ2) is 28.2. The zero-order valence-electron chi connectivity index (χ0n) is 55.0. The first-order chi connectivity index (χ1) is 43.8. The van der Waals surface area contributed by atoms with Crippen molar-refractivity contribution in [2.75, 3.05) is 0 Å². The third-order valence-electron chi connectivity index (χ3n) is 21.6. The fourth-order valence-corrected chi connectivity index (χ4v) is 16.4. The SMILES string of the molecule is CC(C)[C@@H]1CC[C@@H](C)CC1c1ccc(-c2[c-]cc(-c3ccccc3-c3cc(-c4ccccc4-c4c[c-]c(-c5ccc(C6C[C@H](C)CC[C@H]6C(C)C)cn5)cc4)cc(-c4ccccc4-c4c[c-]c(-c5ccc(C6C[C@H](C)CC[C@H]6C(C)C)cn5)cc4)c3)cc2)nc1.[Ir+3]. The van der Waals surface area contributed by atoms with Crippen LogP contribution in [-0.2, 0) is 20.1 Å².